The molecule has 0 spiro atoms. The summed E-state index contributed by atoms with van der Waals surface area (Å²) in [6, 6.07) is 5.59. The predicted octanol–water partition coefficient (Wildman–Crippen LogP) is 2.26. The van der Waals surface area contributed by atoms with Crippen LogP contribution in [0.4, 0.5) is 0 Å². The normalized spacial score (nSPS) is 18.1. The van der Waals surface area contributed by atoms with Gasteiger partial charge in [0.25, 0.3) is 5.78 Å². The zero-order chi connectivity index (χ0) is 14.7. The minimum atomic E-state index is -0.901. The lowest BCUT2D eigenvalue weighted by Crippen LogP contribution is -2.31. The van der Waals surface area contributed by atoms with Gasteiger partial charge in [-0.2, -0.15) is 0 Å². The number of carbonyl (C=O) groups is 3. The maximum atomic E-state index is 12.5. The molecule has 4 heteroatoms. The lowest BCUT2D eigenvalue weighted by Gasteiger charge is -2.11. The average Bonchev–Trinajstić information content (AvgIpc) is 2.57. The monoisotopic (exact) mass is 274 g/mol. The zero-order valence-corrected chi connectivity index (χ0v) is 11.8. The topological polar surface area (TPSA) is 60.4 Å². The lowest BCUT2D eigenvalue weighted by molar-refractivity contribution is -0.154. The molecule has 4 nitrogen and oxygen atoms in total. The van der Waals surface area contributed by atoms with Crippen molar-refractivity contribution in [3.8, 4) is 0 Å². The molecule has 1 atom stereocenters. The molecule has 106 valence electrons. The molecule has 1 aliphatic rings. The predicted molar refractivity (Wildman–Crippen MR) is 73.6 cm³/mol. The second-order valence-corrected chi connectivity index (χ2v) is 5.05. The molecular formula is C16H18O4. The number of ketones is 2. The number of Topliss-reactive ketones (excluding diaryl/α,β-unsaturated/α-hetero) is 2. The van der Waals surface area contributed by atoms with Crippen LogP contribution in [0.25, 0.3) is 0 Å². The van der Waals surface area contributed by atoms with E-state index in [4.69, 9.17) is 4.74 Å². The molecule has 0 aromatic heterocycles. The van der Waals surface area contributed by atoms with Crippen LogP contribution in [0.3, 0.4) is 0 Å². The average molecular weight is 274 g/mol. The Morgan fingerprint density at radius 3 is 2.80 bits per heavy atom. The van der Waals surface area contributed by atoms with E-state index in [0.29, 0.717) is 12.0 Å². The van der Waals surface area contributed by atoms with Crippen LogP contribution in [0.15, 0.2) is 18.2 Å². The Hall–Kier alpha value is -1.97. The standard InChI is InChI=1S/C16H18O4/c1-3-20-16(19)15(18)13-6-4-5-11-9-10(2)7-8-12(11)14(13)17/h7-9,13H,3-6H2,1-2H3. The van der Waals surface area contributed by atoms with Gasteiger partial charge in [-0.25, -0.2) is 4.79 Å². The van der Waals surface area contributed by atoms with Crippen molar-refractivity contribution in [1.82, 2.24) is 0 Å². The van der Waals surface area contributed by atoms with Crippen molar-refractivity contribution in [1.29, 1.82) is 0 Å². The summed E-state index contributed by atoms with van der Waals surface area (Å²) in [6.07, 6.45) is 1.89. The van der Waals surface area contributed by atoms with E-state index in [1.807, 2.05) is 19.1 Å². The Morgan fingerprint density at radius 1 is 1.35 bits per heavy atom. The third-order valence-corrected chi connectivity index (χ3v) is 3.57. The molecule has 0 aliphatic heterocycles. The molecule has 0 saturated carbocycles. The van der Waals surface area contributed by atoms with Crippen molar-refractivity contribution < 1.29 is 19.1 Å². The number of hydrogen-bond acceptors (Lipinski definition) is 4. The number of rotatable bonds is 3. The second-order valence-electron chi connectivity index (χ2n) is 5.05. The first-order chi connectivity index (χ1) is 9.54. The van der Waals surface area contributed by atoms with Gasteiger partial charge in [0.1, 0.15) is 0 Å². The Bertz CT molecular complexity index is 560. The van der Waals surface area contributed by atoms with Crippen LogP contribution >= 0.6 is 0 Å². The van der Waals surface area contributed by atoms with Crippen LogP contribution in [0.1, 0.15) is 41.3 Å². The summed E-state index contributed by atoms with van der Waals surface area (Å²) in [5.74, 6) is -2.76. The van der Waals surface area contributed by atoms with Crippen molar-refractivity contribution in [3.63, 3.8) is 0 Å². The number of fused-ring (bicyclic) bond motifs is 1. The first kappa shape index (κ1) is 14.4. The summed E-state index contributed by atoms with van der Waals surface area (Å²) in [5, 5.41) is 0. The highest BCUT2D eigenvalue weighted by molar-refractivity contribution is 6.39. The third kappa shape index (κ3) is 2.79. The molecule has 1 aromatic rings. The fourth-order valence-electron chi connectivity index (χ4n) is 2.58. The van der Waals surface area contributed by atoms with Crippen molar-refractivity contribution in [2.75, 3.05) is 6.61 Å². The van der Waals surface area contributed by atoms with E-state index < -0.39 is 17.7 Å². The van der Waals surface area contributed by atoms with Gasteiger partial charge in [-0.05, 0) is 38.7 Å². The zero-order valence-electron chi connectivity index (χ0n) is 11.8. The summed E-state index contributed by atoms with van der Waals surface area (Å²) in [4.78, 5) is 36.0. The van der Waals surface area contributed by atoms with Gasteiger partial charge < -0.3 is 4.74 Å². The van der Waals surface area contributed by atoms with Crippen molar-refractivity contribution in [2.45, 2.75) is 33.1 Å². The first-order valence-corrected chi connectivity index (χ1v) is 6.89. The highest BCUT2D eigenvalue weighted by Gasteiger charge is 2.35. The Labute approximate surface area is 118 Å². The van der Waals surface area contributed by atoms with Gasteiger partial charge in [-0.1, -0.05) is 23.8 Å². The van der Waals surface area contributed by atoms with Crippen molar-refractivity contribution in [2.24, 2.45) is 5.92 Å². The number of hydrogen-bond donors (Lipinski definition) is 0. The maximum absolute atomic E-state index is 12.5. The number of ether oxygens (including phenoxy) is 1. The highest BCUT2D eigenvalue weighted by Crippen LogP contribution is 2.26. The Kier molecular flexibility index (Phi) is 4.32. The van der Waals surface area contributed by atoms with E-state index in [0.717, 1.165) is 24.0 Å². The summed E-state index contributed by atoms with van der Waals surface area (Å²) in [5.41, 5.74) is 2.62. The number of aryl methyl sites for hydroxylation is 2. The van der Waals surface area contributed by atoms with Crippen LogP contribution in [0.2, 0.25) is 0 Å². The van der Waals surface area contributed by atoms with E-state index in [-0.39, 0.29) is 12.4 Å². The number of esters is 1. The SMILES string of the molecule is CCOC(=O)C(=O)C1CCCc2cc(C)ccc2C1=O. The molecule has 0 heterocycles. The summed E-state index contributed by atoms with van der Waals surface area (Å²) in [6.45, 7) is 3.75. The van der Waals surface area contributed by atoms with E-state index in [1.54, 1.807) is 13.0 Å². The molecule has 1 unspecified atom stereocenters. The van der Waals surface area contributed by atoms with Gasteiger partial charge in [-0.3, -0.25) is 9.59 Å². The molecule has 0 radical (unpaired) electrons. The fraction of sp³-hybridized carbons (Fsp3) is 0.438. The van der Waals surface area contributed by atoms with Gasteiger partial charge >= 0.3 is 5.97 Å². The van der Waals surface area contributed by atoms with Crippen molar-refractivity contribution >= 4 is 17.5 Å². The third-order valence-electron chi connectivity index (χ3n) is 3.57. The van der Waals surface area contributed by atoms with Crippen LogP contribution in [0.5, 0.6) is 0 Å². The van der Waals surface area contributed by atoms with Crippen LogP contribution in [-0.2, 0) is 20.7 Å². The minimum Gasteiger partial charge on any atom is -0.460 e. The smallest absolute Gasteiger partial charge is 0.375 e. The number of carbonyl (C=O) groups excluding carboxylic acids is 3. The van der Waals surface area contributed by atoms with Crippen molar-refractivity contribution in [3.05, 3.63) is 34.9 Å². The summed E-state index contributed by atoms with van der Waals surface area (Å²) < 4.78 is 4.71. The molecule has 1 aromatic carbocycles. The van der Waals surface area contributed by atoms with Crippen LogP contribution < -0.4 is 0 Å². The quantitative estimate of drug-likeness (QED) is 0.367. The highest BCUT2D eigenvalue weighted by atomic mass is 16.5. The molecular weight excluding hydrogens is 256 g/mol. The van der Waals surface area contributed by atoms with E-state index in [2.05, 4.69) is 0 Å². The molecule has 0 fully saturated rings. The van der Waals surface area contributed by atoms with Gasteiger partial charge in [0.15, 0.2) is 5.78 Å². The van der Waals surface area contributed by atoms with Gasteiger partial charge in [0.05, 0.1) is 12.5 Å². The fourth-order valence-corrected chi connectivity index (χ4v) is 2.58. The van der Waals surface area contributed by atoms with Crippen LogP contribution in [0, 0.1) is 12.8 Å². The first-order valence-electron chi connectivity index (χ1n) is 6.89. The van der Waals surface area contributed by atoms with E-state index >= 15 is 0 Å². The molecule has 0 N–H and O–H groups in total. The van der Waals surface area contributed by atoms with Gasteiger partial charge in [0, 0.05) is 5.56 Å². The molecule has 1 aliphatic carbocycles. The molecule has 0 bridgehead atoms. The van der Waals surface area contributed by atoms with Gasteiger partial charge in [-0.15, -0.1) is 0 Å². The molecule has 0 saturated heterocycles. The van der Waals surface area contributed by atoms with E-state index in [9.17, 15) is 14.4 Å². The lowest BCUT2D eigenvalue weighted by atomic mass is 9.91. The summed E-state index contributed by atoms with van der Waals surface area (Å²) in [7, 11) is 0. The second kappa shape index (κ2) is 5.99. The largest absolute Gasteiger partial charge is 0.460 e. The Balaban J connectivity index is 2.30. The van der Waals surface area contributed by atoms with E-state index in [1.165, 1.54) is 0 Å². The number of benzene rings is 1. The summed E-state index contributed by atoms with van der Waals surface area (Å²) >= 11 is 0. The Morgan fingerprint density at radius 2 is 2.10 bits per heavy atom. The maximum Gasteiger partial charge on any atom is 0.375 e. The molecule has 2 rings (SSSR count). The molecule has 20 heavy (non-hydrogen) atoms. The van der Waals surface area contributed by atoms with Crippen LogP contribution in [-0.4, -0.2) is 24.1 Å². The van der Waals surface area contributed by atoms with Gasteiger partial charge in [0.2, 0.25) is 0 Å². The molecule has 0 amide bonds. The minimum absolute atomic E-state index is 0.140.